The molecule has 242 valence electrons. The third kappa shape index (κ3) is 9.07. The minimum Gasteiger partial charge on any atom is -0.352 e. The summed E-state index contributed by atoms with van der Waals surface area (Å²) in [6.07, 6.45) is 0.985. The Morgan fingerprint density at radius 1 is 0.804 bits per heavy atom. The molecule has 7 nitrogen and oxygen atoms in total. The van der Waals surface area contributed by atoms with E-state index in [2.05, 4.69) is 21.2 Å². The van der Waals surface area contributed by atoms with Crippen molar-refractivity contribution < 1.29 is 18.0 Å². The molecule has 0 spiro atoms. The Balaban J connectivity index is 1.83. The fraction of sp³-hybridized carbons (Fsp3) is 0.297. The minimum absolute atomic E-state index is 0.0832. The number of rotatable bonds is 13. The van der Waals surface area contributed by atoms with Gasteiger partial charge in [0.25, 0.3) is 10.0 Å². The van der Waals surface area contributed by atoms with Crippen molar-refractivity contribution in [3.05, 3.63) is 129 Å². The highest BCUT2D eigenvalue weighted by Crippen LogP contribution is 2.27. The van der Waals surface area contributed by atoms with Gasteiger partial charge >= 0.3 is 0 Å². The van der Waals surface area contributed by atoms with Crippen LogP contribution in [0.3, 0.4) is 0 Å². The van der Waals surface area contributed by atoms with E-state index in [0.29, 0.717) is 5.69 Å². The Morgan fingerprint density at radius 3 is 2.00 bits per heavy atom. The molecule has 1 N–H and O–H groups in total. The van der Waals surface area contributed by atoms with Crippen LogP contribution in [-0.2, 0) is 32.6 Å². The molecule has 0 bridgehead atoms. The van der Waals surface area contributed by atoms with Crippen LogP contribution in [0.4, 0.5) is 5.69 Å². The summed E-state index contributed by atoms with van der Waals surface area (Å²) < 4.78 is 30.6. The second kappa shape index (κ2) is 15.6. The van der Waals surface area contributed by atoms with Gasteiger partial charge in [-0.05, 0) is 92.8 Å². The lowest BCUT2D eigenvalue weighted by molar-refractivity contribution is -0.140. The average molecular weight is 705 g/mol. The quantitative estimate of drug-likeness (QED) is 0.161. The van der Waals surface area contributed by atoms with E-state index in [1.807, 2.05) is 95.3 Å². The molecule has 4 rings (SSSR count). The number of sulfonamides is 1. The van der Waals surface area contributed by atoms with E-state index in [9.17, 15) is 18.0 Å². The highest BCUT2D eigenvalue weighted by molar-refractivity contribution is 9.10. The number of amides is 2. The lowest BCUT2D eigenvalue weighted by Gasteiger charge is -2.34. The van der Waals surface area contributed by atoms with Crippen LogP contribution in [0.25, 0.3) is 0 Å². The van der Waals surface area contributed by atoms with Crippen molar-refractivity contribution in [2.45, 2.75) is 71.0 Å². The summed E-state index contributed by atoms with van der Waals surface area (Å²) >= 11 is 3.47. The zero-order valence-electron chi connectivity index (χ0n) is 27.0. The highest BCUT2D eigenvalue weighted by atomic mass is 79.9. The second-order valence-corrected chi connectivity index (χ2v) is 14.6. The standard InChI is InChI=1S/C37H42BrN3O4S/c1-6-29(5)39-37(43)35(23-30-10-8-7-9-11-30)40(24-31-14-16-32(38)17-15-31)36(42)25-41(33-21-27(3)20-28(4)22-33)46(44,45)34-18-12-26(2)13-19-34/h7-22,29,35H,6,23-25H2,1-5H3,(H,39,43)/t29-,35-/m0/s1. The number of nitrogens with one attached hydrogen (secondary N) is 1. The second-order valence-electron chi connectivity index (χ2n) is 11.8. The summed E-state index contributed by atoms with van der Waals surface area (Å²) in [5.74, 6) is -0.777. The van der Waals surface area contributed by atoms with E-state index < -0.39 is 28.5 Å². The van der Waals surface area contributed by atoms with Crippen molar-refractivity contribution in [2.24, 2.45) is 0 Å². The van der Waals surface area contributed by atoms with Crippen molar-refractivity contribution in [1.29, 1.82) is 0 Å². The SMILES string of the molecule is CC[C@H](C)NC(=O)[C@H](Cc1ccccc1)N(Cc1ccc(Br)cc1)C(=O)CN(c1cc(C)cc(C)c1)S(=O)(=O)c1ccc(C)cc1. The molecule has 4 aromatic carbocycles. The number of carbonyl (C=O) groups is 2. The van der Waals surface area contributed by atoms with E-state index >= 15 is 0 Å². The Hall–Kier alpha value is -3.95. The molecule has 0 unspecified atom stereocenters. The van der Waals surface area contributed by atoms with Crippen molar-refractivity contribution in [3.8, 4) is 0 Å². The highest BCUT2D eigenvalue weighted by Gasteiger charge is 2.35. The van der Waals surface area contributed by atoms with Gasteiger partial charge < -0.3 is 10.2 Å². The van der Waals surface area contributed by atoms with E-state index in [0.717, 1.165) is 38.7 Å². The Bertz CT molecular complexity index is 1720. The summed E-state index contributed by atoms with van der Waals surface area (Å²) in [6, 6.07) is 28.2. The van der Waals surface area contributed by atoms with Gasteiger partial charge in [-0.3, -0.25) is 13.9 Å². The molecule has 0 fully saturated rings. The summed E-state index contributed by atoms with van der Waals surface area (Å²) in [6.45, 7) is 9.21. The molecule has 0 radical (unpaired) electrons. The summed E-state index contributed by atoms with van der Waals surface area (Å²) in [7, 11) is -4.16. The van der Waals surface area contributed by atoms with Gasteiger partial charge in [-0.25, -0.2) is 8.42 Å². The largest absolute Gasteiger partial charge is 0.352 e. The average Bonchev–Trinajstić information content (AvgIpc) is 3.02. The first-order valence-electron chi connectivity index (χ1n) is 15.4. The van der Waals surface area contributed by atoms with Gasteiger partial charge in [-0.15, -0.1) is 0 Å². The zero-order valence-corrected chi connectivity index (χ0v) is 29.4. The molecule has 0 aliphatic carbocycles. The lowest BCUT2D eigenvalue weighted by atomic mass is 10.0. The van der Waals surface area contributed by atoms with Crippen LogP contribution in [-0.4, -0.2) is 43.8 Å². The molecule has 0 aliphatic rings. The van der Waals surface area contributed by atoms with Crippen molar-refractivity contribution in [2.75, 3.05) is 10.8 Å². The van der Waals surface area contributed by atoms with Gasteiger partial charge in [0, 0.05) is 23.5 Å². The van der Waals surface area contributed by atoms with E-state index in [-0.39, 0.29) is 29.8 Å². The number of carbonyl (C=O) groups excluding carboxylic acids is 2. The van der Waals surface area contributed by atoms with Crippen LogP contribution in [0.1, 0.15) is 48.1 Å². The van der Waals surface area contributed by atoms with Gasteiger partial charge in [0.1, 0.15) is 12.6 Å². The van der Waals surface area contributed by atoms with Gasteiger partial charge in [-0.2, -0.15) is 0 Å². The van der Waals surface area contributed by atoms with Crippen LogP contribution in [0.2, 0.25) is 0 Å². The fourth-order valence-electron chi connectivity index (χ4n) is 5.24. The summed E-state index contributed by atoms with van der Waals surface area (Å²) in [4.78, 5) is 30.2. The Kier molecular flexibility index (Phi) is 11.8. The number of hydrogen-bond acceptors (Lipinski definition) is 4. The number of hydrogen-bond donors (Lipinski definition) is 1. The first kappa shape index (κ1) is 34.9. The minimum atomic E-state index is -4.16. The number of nitrogens with zero attached hydrogens (tertiary/aromatic N) is 2. The molecule has 4 aromatic rings. The molecule has 46 heavy (non-hydrogen) atoms. The molecule has 0 saturated carbocycles. The molecular formula is C37H42BrN3O4S. The number of benzene rings is 4. The first-order chi connectivity index (χ1) is 21.9. The zero-order chi connectivity index (χ0) is 33.4. The molecule has 0 aromatic heterocycles. The number of aryl methyl sites for hydroxylation is 3. The molecule has 2 atom stereocenters. The van der Waals surface area contributed by atoms with Gasteiger partial charge in [0.05, 0.1) is 10.6 Å². The summed E-state index contributed by atoms with van der Waals surface area (Å²) in [5, 5.41) is 3.07. The van der Waals surface area contributed by atoms with Gasteiger partial charge in [0.2, 0.25) is 11.8 Å². The number of halogens is 1. The van der Waals surface area contributed by atoms with Crippen molar-refractivity contribution in [3.63, 3.8) is 0 Å². The first-order valence-corrected chi connectivity index (χ1v) is 17.7. The summed E-state index contributed by atoms with van der Waals surface area (Å²) in [5.41, 5.74) is 4.74. The molecule has 0 heterocycles. The molecule has 0 saturated heterocycles. The monoisotopic (exact) mass is 703 g/mol. The number of anilines is 1. The van der Waals surface area contributed by atoms with E-state index in [4.69, 9.17) is 0 Å². The van der Waals surface area contributed by atoms with Gasteiger partial charge in [0.15, 0.2) is 0 Å². The van der Waals surface area contributed by atoms with Crippen LogP contribution < -0.4 is 9.62 Å². The molecular weight excluding hydrogens is 662 g/mol. The fourth-order valence-corrected chi connectivity index (χ4v) is 6.90. The van der Waals surface area contributed by atoms with Gasteiger partial charge in [-0.1, -0.05) is 89.1 Å². The maximum Gasteiger partial charge on any atom is 0.264 e. The predicted molar refractivity (Wildman–Crippen MR) is 188 cm³/mol. The van der Waals surface area contributed by atoms with Crippen LogP contribution in [0.15, 0.2) is 106 Å². The van der Waals surface area contributed by atoms with Crippen LogP contribution in [0.5, 0.6) is 0 Å². The van der Waals surface area contributed by atoms with Crippen molar-refractivity contribution in [1.82, 2.24) is 10.2 Å². The smallest absolute Gasteiger partial charge is 0.264 e. The Labute approximate surface area is 281 Å². The topological polar surface area (TPSA) is 86.8 Å². The van der Waals surface area contributed by atoms with Crippen LogP contribution in [0, 0.1) is 20.8 Å². The third-order valence-corrected chi connectivity index (χ3v) is 10.2. The maximum absolute atomic E-state index is 14.6. The van der Waals surface area contributed by atoms with Crippen LogP contribution >= 0.6 is 15.9 Å². The maximum atomic E-state index is 14.6. The lowest BCUT2D eigenvalue weighted by Crippen LogP contribution is -2.54. The molecule has 0 aliphatic heterocycles. The molecule has 2 amide bonds. The third-order valence-electron chi connectivity index (χ3n) is 7.92. The molecule has 9 heteroatoms. The van der Waals surface area contributed by atoms with E-state index in [1.165, 1.54) is 9.21 Å². The van der Waals surface area contributed by atoms with E-state index in [1.54, 1.807) is 36.4 Å². The Morgan fingerprint density at radius 2 is 1.41 bits per heavy atom. The van der Waals surface area contributed by atoms with Crippen molar-refractivity contribution >= 4 is 43.5 Å². The predicted octanol–water partition coefficient (Wildman–Crippen LogP) is 7.12. The normalized spacial score (nSPS) is 12.7.